The first-order valence-electron chi connectivity index (χ1n) is 10.8. The quantitative estimate of drug-likeness (QED) is 0.494. The molecule has 1 aliphatic rings. The predicted molar refractivity (Wildman–Crippen MR) is 123 cm³/mol. The van der Waals surface area contributed by atoms with Gasteiger partial charge in [0.05, 0.1) is 20.3 Å². The van der Waals surface area contributed by atoms with Crippen LogP contribution in [-0.4, -0.2) is 72.3 Å². The molecule has 32 heavy (non-hydrogen) atoms. The van der Waals surface area contributed by atoms with Gasteiger partial charge in [-0.25, -0.2) is 13.1 Å². The molecule has 1 amide bonds. The maximum Gasteiger partial charge on any atom is 0.251 e. The number of nitrogens with zero attached hydrogens (tertiary/aromatic N) is 1. The van der Waals surface area contributed by atoms with E-state index in [0.717, 1.165) is 44.8 Å². The zero-order valence-corrected chi connectivity index (χ0v) is 19.2. The van der Waals surface area contributed by atoms with Crippen molar-refractivity contribution in [3.63, 3.8) is 0 Å². The summed E-state index contributed by atoms with van der Waals surface area (Å²) in [5.41, 5.74) is 1.31. The van der Waals surface area contributed by atoms with Crippen molar-refractivity contribution >= 4 is 15.9 Å². The third kappa shape index (κ3) is 7.03. The van der Waals surface area contributed by atoms with Gasteiger partial charge in [-0.3, -0.25) is 9.69 Å². The first-order chi connectivity index (χ1) is 15.5. The lowest BCUT2D eigenvalue weighted by Gasteiger charge is -2.26. The molecular formula is C23H31N3O5S. The van der Waals surface area contributed by atoms with Crippen molar-refractivity contribution in [2.24, 2.45) is 0 Å². The Hall–Kier alpha value is -2.46. The fourth-order valence-corrected chi connectivity index (χ4v) is 4.74. The Morgan fingerprint density at radius 2 is 1.84 bits per heavy atom. The van der Waals surface area contributed by atoms with E-state index >= 15 is 0 Å². The van der Waals surface area contributed by atoms with E-state index in [1.54, 1.807) is 6.07 Å². The maximum atomic E-state index is 12.9. The van der Waals surface area contributed by atoms with Gasteiger partial charge < -0.3 is 14.8 Å². The van der Waals surface area contributed by atoms with Crippen LogP contribution in [0.2, 0.25) is 0 Å². The van der Waals surface area contributed by atoms with Crippen LogP contribution >= 0.6 is 0 Å². The van der Waals surface area contributed by atoms with Crippen molar-refractivity contribution in [1.29, 1.82) is 0 Å². The Bertz CT molecular complexity index is 976. The van der Waals surface area contributed by atoms with Gasteiger partial charge in [-0.1, -0.05) is 30.3 Å². The highest BCUT2D eigenvalue weighted by Gasteiger charge is 2.21. The Kier molecular flexibility index (Phi) is 9.04. The van der Waals surface area contributed by atoms with E-state index in [9.17, 15) is 13.2 Å². The van der Waals surface area contributed by atoms with Crippen LogP contribution in [0.5, 0.6) is 5.75 Å². The van der Waals surface area contributed by atoms with Crippen LogP contribution in [0.3, 0.4) is 0 Å². The number of hydrogen-bond acceptors (Lipinski definition) is 6. The molecule has 0 aromatic heterocycles. The topological polar surface area (TPSA) is 97.0 Å². The maximum absolute atomic E-state index is 12.9. The van der Waals surface area contributed by atoms with Gasteiger partial charge in [0.15, 0.2) is 0 Å². The summed E-state index contributed by atoms with van der Waals surface area (Å²) in [5, 5.41) is 2.87. The van der Waals surface area contributed by atoms with E-state index in [4.69, 9.17) is 9.47 Å². The highest BCUT2D eigenvalue weighted by Crippen LogP contribution is 2.25. The predicted octanol–water partition coefficient (Wildman–Crippen LogP) is 1.67. The van der Waals surface area contributed by atoms with Crippen molar-refractivity contribution in [1.82, 2.24) is 14.9 Å². The van der Waals surface area contributed by atoms with Gasteiger partial charge >= 0.3 is 0 Å². The minimum atomic E-state index is -3.84. The molecule has 8 nitrogen and oxygen atoms in total. The summed E-state index contributed by atoms with van der Waals surface area (Å²) >= 11 is 0. The van der Waals surface area contributed by atoms with Crippen molar-refractivity contribution in [3.05, 3.63) is 59.7 Å². The van der Waals surface area contributed by atoms with Crippen molar-refractivity contribution in [2.75, 3.05) is 53.0 Å². The highest BCUT2D eigenvalue weighted by molar-refractivity contribution is 7.89. The average molecular weight is 462 g/mol. The van der Waals surface area contributed by atoms with E-state index in [1.165, 1.54) is 19.2 Å². The van der Waals surface area contributed by atoms with Crippen LogP contribution in [0.4, 0.5) is 0 Å². The minimum Gasteiger partial charge on any atom is -0.495 e. The van der Waals surface area contributed by atoms with E-state index in [0.29, 0.717) is 13.0 Å². The molecule has 0 unspecified atom stereocenters. The second kappa shape index (κ2) is 12.0. The average Bonchev–Trinajstić information content (AvgIpc) is 2.82. The fraction of sp³-hybridized carbons (Fsp3) is 0.435. The molecule has 2 aromatic rings. The molecule has 1 aliphatic heterocycles. The van der Waals surface area contributed by atoms with Crippen molar-refractivity contribution in [2.45, 2.75) is 17.7 Å². The monoisotopic (exact) mass is 461 g/mol. The second-order valence-electron chi connectivity index (χ2n) is 7.56. The van der Waals surface area contributed by atoms with Crippen LogP contribution in [0.15, 0.2) is 53.4 Å². The van der Waals surface area contributed by atoms with Crippen LogP contribution in [0, 0.1) is 0 Å². The third-order valence-corrected chi connectivity index (χ3v) is 6.79. The molecule has 2 N–H and O–H groups in total. The molecule has 3 rings (SSSR count). The van der Waals surface area contributed by atoms with Crippen LogP contribution in [0.25, 0.3) is 0 Å². The molecule has 1 heterocycles. The summed E-state index contributed by atoms with van der Waals surface area (Å²) in [7, 11) is -2.44. The molecule has 0 bridgehead atoms. The number of morpholine rings is 1. The first-order valence-corrected chi connectivity index (χ1v) is 12.3. The molecule has 0 saturated carbocycles. The molecule has 0 aliphatic carbocycles. The molecule has 1 saturated heterocycles. The van der Waals surface area contributed by atoms with E-state index in [2.05, 4.69) is 14.9 Å². The normalized spacial score (nSPS) is 14.8. The third-order valence-electron chi connectivity index (χ3n) is 5.30. The Labute approximate surface area is 190 Å². The number of sulfonamides is 1. The lowest BCUT2D eigenvalue weighted by molar-refractivity contribution is 0.0374. The summed E-state index contributed by atoms with van der Waals surface area (Å²) in [6, 6.07) is 14.1. The van der Waals surface area contributed by atoms with Gasteiger partial charge in [-0.2, -0.15) is 0 Å². The van der Waals surface area contributed by atoms with Gasteiger partial charge in [0.25, 0.3) is 5.91 Å². The first kappa shape index (κ1) is 24.2. The number of amides is 1. The van der Waals surface area contributed by atoms with Crippen LogP contribution in [0.1, 0.15) is 22.3 Å². The fourth-order valence-electron chi connectivity index (χ4n) is 3.51. The molecule has 0 radical (unpaired) electrons. The molecule has 1 fully saturated rings. The highest BCUT2D eigenvalue weighted by atomic mass is 32.2. The zero-order chi connectivity index (χ0) is 22.8. The van der Waals surface area contributed by atoms with Gasteiger partial charge in [0.2, 0.25) is 10.0 Å². The minimum absolute atomic E-state index is 0.0472. The molecular weight excluding hydrogens is 430 g/mol. The zero-order valence-electron chi connectivity index (χ0n) is 18.4. The smallest absolute Gasteiger partial charge is 0.251 e. The van der Waals surface area contributed by atoms with Gasteiger partial charge in [-0.05, 0) is 43.1 Å². The number of nitrogens with one attached hydrogen (secondary N) is 2. The number of rotatable bonds is 11. The summed E-state index contributed by atoms with van der Waals surface area (Å²) in [5.74, 6) is -0.114. The van der Waals surface area contributed by atoms with Crippen molar-refractivity contribution < 1.29 is 22.7 Å². The van der Waals surface area contributed by atoms with E-state index < -0.39 is 10.0 Å². The molecule has 9 heteroatoms. The lowest BCUT2D eigenvalue weighted by Crippen LogP contribution is -2.38. The van der Waals surface area contributed by atoms with Crippen LogP contribution < -0.4 is 14.8 Å². The van der Waals surface area contributed by atoms with Gasteiger partial charge in [-0.15, -0.1) is 0 Å². The lowest BCUT2D eigenvalue weighted by atomic mass is 10.2. The Morgan fingerprint density at radius 1 is 1.09 bits per heavy atom. The standard InChI is InChI=1S/C23H31N3O5S/c1-30-21-9-8-20(23(27)24-11-5-13-26-14-16-31-17-15-26)18-22(21)32(28,29)25-12-10-19-6-3-2-4-7-19/h2-4,6-9,18,25H,5,10-17H2,1H3,(H,24,27). The molecule has 0 spiro atoms. The second-order valence-corrected chi connectivity index (χ2v) is 9.30. The van der Waals surface area contributed by atoms with Gasteiger partial charge in [0.1, 0.15) is 10.6 Å². The summed E-state index contributed by atoms with van der Waals surface area (Å²) in [6.07, 6.45) is 1.37. The molecule has 2 aromatic carbocycles. The Balaban J connectivity index is 1.57. The van der Waals surface area contributed by atoms with Gasteiger partial charge in [0, 0.05) is 31.7 Å². The molecule has 0 atom stereocenters. The summed E-state index contributed by atoms with van der Waals surface area (Å²) < 4.78 is 38.9. The largest absolute Gasteiger partial charge is 0.495 e. The number of methoxy groups -OCH3 is 1. The van der Waals surface area contributed by atoms with Crippen molar-refractivity contribution in [3.8, 4) is 5.75 Å². The summed E-state index contributed by atoms with van der Waals surface area (Å²) in [6.45, 7) is 4.95. The number of hydrogen-bond donors (Lipinski definition) is 2. The number of carbonyl (C=O) groups is 1. The van der Waals surface area contributed by atoms with E-state index in [1.807, 2.05) is 30.3 Å². The number of benzene rings is 2. The van der Waals surface area contributed by atoms with E-state index in [-0.39, 0.29) is 28.7 Å². The number of ether oxygens (including phenoxy) is 2. The SMILES string of the molecule is COc1ccc(C(=O)NCCCN2CCOCC2)cc1S(=O)(=O)NCCc1ccccc1. The Morgan fingerprint density at radius 3 is 2.56 bits per heavy atom. The van der Waals surface area contributed by atoms with Crippen LogP contribution in [-0.2, 0) is 21.2 Å². The number of carbonyl (C=O) groups excluding carboxylic acids is 1. The molecule has 174 valence electrons. The summed E-state index contributed by atoms with van der Waals surface area (Å²) in [4.78, 5) is 14.8.